The van der Waals surface area contributed by atoms with E-state index in [0.29, 0.717) is 24.5 Å². The maximum Gasteiger partial charge on any atom is 0.318 e. The van der Waals surface area contributed by atoms with E-state index < -0.39 is 5.97 Å². The number of carbonyl (C=O) groups excluding carboxylic acids is 1. The molecule has 2 aromatic carbocycles. The van der Waals surface area contributed by atoms with Gasteiger partial charge < -0.3 is 29.5 Å². The van der Waals surface area contributed by atoms with Crippen LogP contribution in [0.2, 0.25) is 0 Å². The predicted molar refractivity (Wildman–Crippen MR) is 110 cm³/mol. The Hall–Kier alpha value is -3.42. The summed E-state index contributed by atoms with van der Waals surface area (Å²) in [4.78, 5) is 25.4. The highest BCUT2D eigenvalue weighted by Gasteiger charge is 2.33. The zero-order valence-electron chi connectivity index (χ0n) is 17.3. The van der Waals surface area contributed by atoms with Crippen molar-refractivity contribution in [1.82, 2.24) is 10.2 Å². The molecule has 0 saturated heterocycles. The molecule has 0 unspecified atom stereocenters. The first-order valence-corrected chi connectivity index (χ1v) is 9.63. The molecule has 3 rings (SSSR count). The Kier molecular flexibility index (Phi) is 6.66. The number of ether oxygens (including phenoxy) is 3. The number of nitrogens with one attached hydrogen (secondary N) is 1. The smallest absolute Gasteiger partial charge is 0.318 e. The molecular formula is C22H26N2O6. The number of carboxylic acid groups (broad SMARTS) is 1. The van der Waals surface area contributed by atoms with Crippen LogP contribution in [0, 0.1) is 0 Å². The molecule has 0 aliphatic carbocycles. The summed E-state index contributed by atoms with van der Waals surface area (Å²) in [7, 11) is 4.77. The van der Waals surface area contributed by atoms with E-state index in [-0.39, 0.29) is 25.0 Å². The number of aliphatic carboxylic acids is 1. The van der Waals surface area contributed by atoms with Gasteiger partial charge in [0.25, 0.3) is 0 Å². The van der Waals surface area contributed by atoms with Crippen LogP contribution in [-0.4, -0.2) is 56.4 Å². The van der Waals surface area contributed by atoms with E-state index in [1.807, 2.05) is 36.4 Å². The van der Waals surface area contributed by atoms with Gasteiger partial charge in [0.1, 0.15) is 5.75 Å². The summed E-state index contributed by atoms with van der Waals surface area (Å²) in [6.45, 7) is 0.552. The van der Waals surface area contributed by atoms with E-state index in [0.717, 1.165) is 22.4 Å². The fraction of sp³-hybridized carbons (Fsp3) is 0.364. The first-order chi connectivity index (χ1) is 14.5. The molecule has 2 N–H and O–H groups in total. The third kappa shape index (κ3) is 4.42. The van der Waals surface area contributed by atoms with Gasteiger partial charge in [0.2, 0.25) is 0 Å². The highest BCUT2D eigenvalue weighted by Crippen LogP contribution is 2.41. The minimum Gasteiger partial charge on any atom is -0.497 e. The van der Waals surface area contributed by atoms with E-state index in [2.05, 4.69) is 5.32 Å². The number of nitrogens with zero attached hydrogens (tertiary/aromatic N) is 1. The monoisotopic (exact) mass is 414 g/mol. The average molecular weight is 414 g/mol. The van der Waals surface area contributed by atoms with Crippen LogP contribution in [-0.2, 0) is 11.2 Å². The topological polar surface area (TPSA) is 97.3 Å². The number of methoxy groups -OCH3 is 3. The van der Waals surface area contributed by atoms with Crippen LogP contribution in [0.15, 0.2) is 36.4 Å². The van der Waals surface area contributed by atoms with Crippen LogP contribution >= 0.6 is 0 Å². The van der Waals surface area contributed by atoms with E-state index in [1.165, 1.54) is 0 Å². The number of carbonyl (C=O) groups is 2. The molecule has 160 valence electrons. The Labute approximate surface area is 175 Å². The molecule has 8 heteroatoms. The summed E-state index contributed by atoms with van der Waals surface area (Å²) < 4.78 is 16.2. The van der Waals surface area contributed by atoms with E-state index in [9.17, 15) is 9.59 Å². The first kappa shape index (κ1) is 21.3. The van der Waals surface area contributed by atoms with Crippen molar-refractivity contribution >= 4 is 12.0 Å². The van der Waals surface area contributed by atoms with Crippen LogP contribution in [0.5, 0.6) is 17.2 Å². The van der Waals surface area contributed by atoms with Crippen LogP contribution in [0.3, 0.4) is 0 Å². The number of urea groups is 1. The molecule has 0 saturated carbocycles. The van der Waals surface area contributed by atoms with E-state index >= 15 is 0 Å². The van der Waals surface area contributed by atoms with Crippen molar-refractivity contribution in [2.24, 2.45) is 0 Å². The zero-order chi connectivity index (χ0) is 21.7. The number of hydrogen-bond donors (Lipinski definition) is 2. The summed E-state index contributed by atoms with van der Waals surface area (Å²) >= 11 is 0. The number of fused-ring (bicyclic) bond motifs is 1. The molecule has 1 aliphatic heterocycles. The Morgan fingerprint density at radius 1 is 1.07 bits per heavy atom. The molecule has 2 aromatic rings. The molecule has 8 nitrogen and oxygen atoms in total. The molecule has 0 aromatic heterocycles. The predicted octanol–water partition coefficient (Wildman–Crippen LogP) is 2.84. The Bertz CT molecular complexity index is 913. The van der Waals surface area contributed by atoms with Crippen molar-refractivity contribution in [3.05, 3.63) is 53.1 Å². The Morgan fingerprint density at radius 3 is 2.33 bits per heavy atom. The first-order valence-electron chi connectivity index (χ1n) is 9.63. The van der Waals surface area contributed by atoms with Crippen molar-refractivity contribution in [3.63, 3.8) is 0 Å². The minimum atomic E-state index is -0.956. The maximum absolute atomic E-state index is 12.9. The van der Waals surface area contributed by atoms with Crippen LogP contribution in [0.1, 0.15) is 29.2 Å². The number of benzene rings is 2. The Balaban J connectivity index is 2.01. The molecule has 1 aliphatic rings. The van der Waals surface area contributed by atoms with Gasteiger partial charge in [-0.1, -0.05) is 12.1 Å². The van der Waals surface area contributed by atoms with Crippen LogP contribution in [0.25, 0.3) is 0 Å². The second-order valence-electron chi connectivity index (χ2n) is 6.90. The van der Waals surface area contributed by atoms with Crippen molar-refractivity contribution in [2.45, 2.75) is 18.9 Å². The highest BCUT2D eigenvalue weighted by atomic mass is 16.5. The van der Waals surface area contributed by atoms with Crippen LogP contribution < -0.4 is 19.5 Å². The molecule has 0 bridgehead atoms. The number of hydrogen-bond acceptors (Lipinski definition) is 5. The quantitative estimate of drug-likeness (QED) is 0.723. The SMILES string of the molecule is COc1ccc([C@H]2c3cc(OC)c(OC)cc3CCN2C(=O)NCCC(=O)O)cc1. The van der Waals surface area contributed by atoms with Gasteiger partial charge in [-0.3, -0.25) is 4.79 Å². The average Bonchev–Trinajstić information content (AvgIpc) is 2.76. The van der Waals surface area contributed by atoms with Crippen molar-refractivity contribution in [1.29, 1.82) is 0 Å². The summed E-state index contributed by atoms with van der Waals surface area (Å²) in [6.07, 6.45) is 0.517. The lowest BCUT2D eigenvalue weighted by atomic mass is 9.87. The van der Waals surface area contributed by atoms with Crippen LogP contribution in [0.4, 0.5) is 4.79 Å². The normalized spacial score (nSPS) is 15.2. The van der Waals surface area contributed by atoms with Crippen molar-refractivity contribution < 1.29 is 28.9 Å². The lowest BCUT2D eigenvalue weighted by Gasteiger charge is -2.38. The number of carboxylic acids is 1. The number of amides is 2. The van der Waals surface area contributed by atoms with Gasteiger partial charge in [0.05, 0.1) is 33.8 Å². The van der Waals surface area contributed by atoms with E-state index in [4.69, 9.17) is 19.3 Å². The molecule has 1 atom stereocenters. The van der Waals surface area contributed by atoms with Gasteiger partial charge in [-0.2, -0.15) is 0 Å². The summed E-state index contributed by atoms with van der Waals surface area (Å²) in [5.41, 5.74) is 2.93. The molecule has 1 heterocycles. The molecular weight excluding hydrogens is 388 g/mol. The van der Waals surface area contributed by atoms with E-state index in [1.54, 1.807) is 26.2 Å². The third-order valence-corrected chi connectivity index (χ3v) is 5.18. The van der Waals surface area contributed by atoms with Gasteiger partial charge in [0.15, 0.2) is 11.5 Å². The molecule has 0 radical (unpaired) electrons. The fourth-order valence-electron chi connectivity index (χ4n) is 3.69. The molecule has 30 heavy (non-hydrogen) atoms. The van der Waals surface area contributed by atoms with Gasteiger partial charge in [0, 0.05) is 13.1 Å². The summed E-state index contributed by atoms with van der Waals surface area (Å²) in [5, 5.41) is 11.6. The summed E-state index contributed by atoms with van der Waals surface area (Å²) in [6, 6.07) is 10.7. The second-order valence-corrected chi connectivity index (χ2v) is 6.90. The van der Waals surface area contributed by atoms with Gasteiger partial charge in [-0.25, -0.2) is 4.79 Å². The Morgan fingerprint density at radius 2 is 1.73 bits per heavy atom. The highest BCUT2D eigenvalue weighted by molar-refractivity contribution is 5.77. The van der Waals surface area contributed by atoms with Crippen molar-refractivity contribution in [2.75, 3.05) is 34.4 Å². The lowest BCUT2D eigenvalue weighted by molar-refractivity contribution is -0.136. The zero-order valence-corrected chi connectivity index (χ0v) is 17.3. The molecule has 0 spiro atoms. The summed E-state index contributed by atoms with van der Waals surface area (Å²) in [5.74, 6) is 0.995. The second kappa shape index (κ2) is 9.39. The standard InChI is InChI=1S/C22H26N2O6/c1-28-16-6-4-14(5-7-16)21-17-13-19(30-3)18(29-2)12-15(17)9-11-24(21)22(27)23-10-8-20(25)26/h4-7,12-13,21H,8-11H2,1-3H3,(H,23,27)(H,25,26)/t21-/m0/s1. The minimum absolute atomic E-state index is 0.0682. The largest absolute Gasteiger partial charge is 0.497 e. The van der Waals surface area contributed by atoms with Gasteiger partial charge in [-0.15, -0.1) is 0 Å². The van der Waals surface area contributed by atoms with Crippen molar-refractivity contribution in [3.8, 4) is 17.2 Å². The third-order valence-electron chi connectivity index (χ3n) is 5.18. The molecule has 2 amide bonds. The molecule has 0 fully saturated rings. The lowest BCUT2D eigenvalue weighted by Crippen LogP contribution is -2.46. The fourth-order valence-corrected chi connectivity index (χ4v) is 3.69. The van der Waals surface area contributed by atoms with Gasteiger partial charge >= 0.3 is 12.0 Å². The maximum atomic E-state index is 12.9. The van der Waals surface area contributed by atoms with Gasteiger partial charge in [-0.05, 0) is 47.4 Å². The number of rotatable bonds is 7.